The summed E-state index contributed by atoms with van der Waals surface area (Å²) in [6.45, 7) is 4.81. The quantitative estimate of drug-likeness (QED) is 0.791. The molecule has 0 aromatic carbocycles. The molecule has 0 bridgehead atoms. The van der Waals surface area contributed by atoms with Gasteiger partial charge in [-0.05, 0) is 26.2 Å². The minimum atomic E-state index is 0.273. The molecule has 5 heteroatoms. The van der Waals surface area contributed by atoms with E-state index in [-0.39, 0.29) is 6.04 Å². The third kappa shape index (κ3) is 3.56. The molecule has 1 atom stereocenters. The Bertz CT molecular complexity index is 426. The van der Waals surface area contributed by atoms with Crippen molar-refractivity contribution in [2.24, 2.45) is 0 Å². The maximum Gasteiger partial charge on any atom is 0.136 e. The summed E-state index contributed by atoms with van der Waals surface area (Å²) in [4.78, 5) is 9.03. The van der Waals surface area contributed by atoms with Crippen molar-refractivity contribution in [3.05, 3.63) is 11.4 Å². The van der Waals surface area contributed by atoms with Crippen LogP contribution in [0.15, 0.2) is 0 Å². The predicted octanol–water partition coefficient (Wildman–Crippen LogP) is 2.47. The highest BCUT2D eigenvalue weighted by atomic mass is 16.5. The first-order valence-electron chi connectivity index (χ1n) is 7.05. The van der Waals surface area contributed by atoms with Gasteiger partial charge in [-0.1, -0.05) is 13.3 Å². The molecule has 1 fully saturated rings. The van der Waals surface area contributed by atoms with Gasteiger partial charge in [0.15, 0.2) is 0 Å². The van der Waals surface area contributed by atoms with Crippen LogP contribution in [-0.2, 0) is 4.74 Å². The largest absolute Gasteiger partial charge is 0.383 e. The van der Waals surface area contributed by atoms with Crippen molar-refractivity contribution in [2.75, 3.05) is 24.8 Å². The molecule has 0 saturated heterocycles. The van der Waals surface area contributed by atoms with E-state index in [2.05, 4.69) is 22.2 Å². The zero-order valence-corrected chi connectivity index (χ0v) is 12.1. The first kappa shape index (κ1) is 14.1. The Hall–Kier alpha value is -1.36. The molecule has 0 radical (unpaired) electrons. The molecule has 1 saturated carbocycles. The van der Waals surface area contributed by atoms with Gasteiger partial charge in [0.25, 0.3) is 0 Å². The van der Waals surface area contributed by atoms with E-state index in [0.717, 1.165) is 30.0 Å². The molecule has 1 aliphatic rings. The van der Waals surface area contributed by atoms with E-state index in [1.165, 1.54) is 12.8 Å². The Labute approximate surface area is 115 Å². The van der Waals surface area contributed by atoms with Crippen LogP contribution in [0.3, 0.4) is 0 Å². The second-order valence-electron chi connectivity index (χ2n) is 5.30. The van der Waals surface area contributed by atoms with Crippen molar-refractivity contribution in [3.63, 3.8) is 0 Å². The van der Waals surface area contributed by atoms with Crippen LogP contribution in [0.2, 0.25) is 0 Å². The van der Waals surface area contributed by atoms with Gasteiger partial charge in [-0.15, -0.1) is 0 Å². The second kappa shape index (κ2) is 6.19. The number of ether oxygens (including phenoxy) is 1. The van der Waals surface area contributed by atoms with Crippen LogP contribution < -0.4 is 11.1 Å². The van der Waals surface area contributed by atoms with Crippen molar-refractivity contribution in [1.82, 2.24) is 9.97 Å². The summed E-state index contributed by atoms with van der Waals surface area (Å²) >= 11 is 0. The van der Waals surface area contributed by atoms with Gasteiger partial charge in [-0.3, -0.25) is 0 Å². The number of nitrogens with one attached hydrogen (secondary N) is 1. The smallest absolute Gasteiger partial charge is 0.136 e. The lowest BCUT2D eigenvalue weighted by molar-refractivity contribution is 0.182. The van der Waals surface area contributed by atoms with Crippen molar-refractivity contribution >= 4 is 11.6 Å². The Balaban J connectivity index is 2.17. The van der Waals surface area contributed by atoms with E-state index in [9.17, 15) is 0 Å². The second-order valence-corrected chi connectivity index (χ2v) is 5.30. The molecule has 19 heavy (non-hydrogen) atoms. The number of anilines is 2. The standard InChI is InChI=1S/C14H24N4O/c1-4-5-11(8-19-3)16-13-9(2)12(15)17-14(18-13)10-6-7-10/h10-11H,4-8H2,1-3H3,(H3,15,16,17,18). The number of nitrogens with zero attached hydrogens (tertiary/aromatic N) is 2. The Morgan fingerprint density at radius 2 is 2.16 bits per heavy atom. The van der Waals surface area contributed by atoms with E-state index >= 15 is 0 Å². The summed E-state index contributed by atoms with van der Waals surface area (Å²) in [6.07, 6.45) is 4.52. The summed E-state index contributed by atoms with van der Waals surface area (Å²) in [5.74, 6) is 2.85. The maximum atomic E-state index is 5.99. The van der Waals surface area contributed by atoms with Gasteiger partial charge >= 0.3 is 0 Å². The SMILES string of the molecule is CCCC(COC)Nc1nc(C2CC2)nc(N)c1C. The number of hydrogen-bond donors (Lipinski definition) is 2. The fourth-order valence-corrected chi connectivity index (χ4v) is 2.16. The molecule has 0 spiro atoms. The predicted molar refractivity (Wildman–Crippen MR) is 77.4 cm³/mol. The summed E-state index contributed by atoms with van der Waals surface area (Å²) in [6, 6.07) is 0.273. The van der Waals surface area contributed by atoms with E-state index < -0.39 is 0 Å². The zero-order valence-electron chi connectivity index (χ0n) is 12.1. The molecule has 106 valence electrons. The fraction of sp³-hybridized carbons (Fsp3) is 0.714. The molecule has 1 unspecified atom stereocenters. The lowest BCUT2D eigenvalue weighted by Crippen LogP contribution is -2.26. The molecule has 0 amide bonds. The van der Waals surface area contributed by atoms with Crippen LogP contribution in [-0.4, -0.2) is 29.7 Å². The van der Waals surface area contributed by atoms with E-state index in [1.807, 2.05) is 6.92 Å². The Morgan fingerprint density at radius 1 is 1.42 bits per heavy atom. The van der Waals surface area contributed by atoms with Crippen LogP contribution in [0.5, 0.6) is 0 Å². The molecule has 2 rings (SSSR count). The van der Waals surface area contributed by atoms with Gasteiger partial charge in [-0.25, -0.2) is 9.97 Å². The third-order valence-corrected chi connectivity index (χ3v) is 3.49. The molecular weight excluding hydrogens is 240 g/mol. The Morgan fingerprint density at radius 3 is 2.74 bits per heavy atom. The highest BCUT2D eigenvalue weighted by Crippen LogP contribution is 2.39. The molecule has 1 aromatic rings. The van der Waals surface area contributed by atoms with Crippen molar-refractivity contribution in [3.8, 4) is 0 Å². The summed E-state index contributed by atoms with van der Waals surface area (Å²) < 4.78 is 5.25. The van der Waals surface area contributed by atoms with Crippen LogP contribution in [0.25, 0.3) is 0 Å². The molecule has 1 aromatic heterocycles. The summed E-state index contributed by atoms with van der Waals surface area (Å²) in [5.41, 5.74) is 6.92. The van der Waals surface area contributed by atoms with Crippen LogP contribution in [0.1, 0.15) is 49.9 Å². The van der Waals surface area contributed by atoms with Crippen LogP contribution in [0.4, 0.5) is 11.6 Å². The normalized spacial score (nSPS) is 16.4. The average molecular weight is 264 g/mol. The molecule has 1 aliphatic carbocycles. The summed E-state index contributed by atoms with van der Waals surface area (Å²) in [5, 5.41) is 3.46. The van der Waals surface area contributed by atoms with Gasteiger partial charge in [-0.2, -0.15) is 0 Å². The van der Waals surface area contributed by atoms with E-state index in [4.69, 9.17) is 10.5 Å². The highest BCUT2D eigenvalue weighted by Gasteiger charge is 2.28. The number of aromatic nitrogens is 2. The minimum absolute atomic E-state index is 0.273. The molecular formula is C14H24N4O. The Kier molecular flexibility index (Phi) is 4.58. The number of hydrogen-bond acceptors (Lipinski definition) is 5. The van der Waals surface area contributed by atoms with Gasteiger partial charge in [0.05, 0.1) is 12.6 Å². The molecule has 0 aliphatic heterocycles. The van der Waals surface area contributed by atoms with Gasteiger partial charge < -0.3 is 15.8 Å². The van der Waals surface area contributed by atoms with Crippen molar-refractivity contribution in [2.45, 2.75) is 51.5 Å². The van der Waals surface area contributed by atoms with E-state index in [1.54, 1.807) is 7.11 Å². The van der Waals surface area contributed by atoms with Gasteiger partial charge in [0, 0.05) is 18.6 Å². The zero-order chi connectivity index (χ0) is 13.8. The fourth-order valence-electron chi connectivity index (χ4n) is 2.16. The number of rotatable bonds is 7. The van der Waals surface area contributed by atoms with Crippen LogP contribution >= 0.6 is 0 Å². The monoisotopic (exact) mass is 264 g/mol. The first-order valence-corrected chi connectivity index (χ1v) is 7.05. The highest BCUT2D eigenvalue weighted by molar-refractivity contribution is 5.55. The number of methoxy groups -OCH3 is 1. The van der Waals surface area contributed by atoms with Crippen molar-refractivity contribution in [1.29, 1.82) is 0 Å². The molecule has 1 heterocycles. The third-order valence-electron chi connectivity index (χ3n) is 3.49. The first-order chi connectivity index (χ1) is 9.15. The molecule has 3 N–H and O–H groups in total. The topological polar surface area (TPSA) is 73.1 Å². The summed E-state index contributed by atoms with van der Waals surface area (Å²) in [7, 11) is 1.72. The average Bonchev–Trinajstić information content (AvgIpc) is 3.19. The lowest BCUT2D eigenvalue weighted by atomic mass is 10.1. The maximum absolute atomic E-state index is 5.99. The lowest BCUT2D eigenvalue weighted by Gasteiger charge is -2.20. The molecule has 5 nitrogen and oxygen atoms in total. The number of nitrogen functional groups attached to an aromatic ring is 1. The van der Waals surface area contributed by atoms with Crippen LogP contribution in [0, 0.1) is 6.92 Å². The van der Waals surface area contributed by atoms with Gasteiger partial charge in [0.2, 0.25) is 0 Å². The van der Waals surface area contributed by atoms with Gasteiger partial charge in [0.1, 0.15) is 17.5 Å². The van der Waals surface area contributed by atoms with E-state index in [0.29, 0.717) is 18.3 Å². The number of nitrogens with two attached hydrogens (primary N) is 1. The minimum Gasteiger partial charge on any atom is -0.383 e. The van der Waals surface area contributed by atoms with Crippen molar-refractivity contribution < 1.29 is 4.74 Å².